The molecule has 10 N–H and O–H groups in total. The largest absolute Gasteiger partial charge is 0.351 e. The predicted octanol–water partition coefficient (Wildman–Crippen LogP) is 14.0. The van der Waals surface area contributed by atoms with Gasteiger partial charge in [-0.15, -0.1) is 34.0 Å². The first-order valence-corrected chi connectivity index (χ1v) is 63.2. The van der Waals surface area contributed by atoms with Gasteiger partial charge in [0.15, 0.2) is 9.84 Å². The van der Waals surface area contributed by atoms with E-state index in [2.05, 4.69) is 88.4 Å². The number of likely N-dealkylation sites (tertiary alicyclic amines) is 7. The van der Waals surface area contributed by atoms with Crippen molar-refractivity contribution < 1.29 is 60.0 Å². The summed E-state index contributed by atoms with van der Waals surface area (Å²) in [5.41, 5.74) is 3.14. The van der Waals surface area contributed by atoms with Crippen LogP contribution in [0, 0.1) is 45.3 Å². The summed E-state index contributed by atoms with van der Waals surface area (Å²) in [7, 11) is -6.00. The number of carbonyl (C=O) groups is 9. The van der Waals surface area contributed by atoms with Gasteiger partial charge >= 0.3 is 18.1 Å². The number of nitrogens with zero attached hydrogens (tertiary/aromatic N) is 7. The number of rotatable bonds is 38. The summed E-state index contributed by atoms with van der Waals surface area (Å²) >= 11 is 4.80. The van der Waals surface area contributed by atoms with Crippen molar-refractivity contribution in [2.75, 3.05) is 122 Å². The van der Waals surface area contributed by atoms with E-state index in [1.807, 2.05) is 81.9 Å². The quantitative estimate of drug-likeness (QED) is 0.0186. The van der Waals surface area contributed by atoms with Gasteiger partial charge in [-0.05, 0) is 299 Å². The molecule has 8 aliphatic heterocycles. The third-order valence-electron chi connectivity index (χ3n) is 36.2. The first-order chi connectivity index (χ1) is 70.7. The zero-order valence-corrected chi connectivity index (χ0v) is 91.2. The molecule has 8 saturated heterocycles. The Balaban J connectivity index is 0.000000151. The van der Waals surface area contributed by atoms with Crippen molar-refractivity contribution in [3.8, 4) is 0 Å². The van der Waals surface area contributed by atoms with Crippen molar-refractivity contribution in [3.63, 3.8) is 0 Å². The van der Waals surface area contributed by atoms with Gasteiger partial charge in [0.2, 0.25) is 35.4 Å². The fourth-order valence-corrected chi connectivity index (χ4v) is 30.1. The molecule has 7 saturated carbocycles. The lowest BCUT2D eigenvalue weighted by molar-refractivity contribution is -0.140. The number of sulfone groups is 2. The fourth-order valence-electron chi connectivity index (χ4n) is 25.7. The summed E-state index contributed by atoms with van der Waals surface area (Å²) in [6, 6.07) is 21.3. The van der Waals surface area contributed by atoms with Crippen LogP contribution >= 0.6 is 34.0 Å². The number of piperidine rings is 7. The molecular weight excluding hydrogens is 1940 g/mol. The van der Waals surface area contributed by atoms with Crippen LogP contribution in [-0.2, 0) is 74.6 Å². The minimum absolute atomic E-state index is 0.00916. The molecule has 0 unspecified atom stereocenters. The molecule has 15 aliphatic rings. The van der Waals surface area contributed by atoms with Crippen LogP contribution in [0.1, 0.15) is 296 Å². The number of hydrogen-bond donors (Lipinski definition) is 10. The lowest BCUT2D eigenvalue weighted by Crippen LogP contribution is -2.61. The predicted molar refractivity (Wildman–Crippen MR) is 576 cm³/mol. The van der Waals surface area contributed by atoms with E-state index in [1.54, 1.807) is 34.0 Å². The number of carbonyl (C=O) groups excluding carboxylic acids is 9. The number of urea groups is 3. The van der Waals surface area contributed by atoms with Crippen LogP contribution in [0.3, 0.4) is 0 Å². The van der Waals surface area contributed by atoms with E-state index < -0.39 is 43.5 Å². The van der Waals surface area contributed by atoms with Gasteiger partial charge < -0.3 is 82.6 Å². The van der Waals surface area contributed by atoms with Crippen LogP contribution in [0.15, 0.2) is 82.9 Å². The Bertz CT molecular complexity index is 5060. The minimum atomic E-state index is -3.04. The molecule has 146 heavy (non-hydrogen) atoms. The van der Waals surface area contributed by atoms with Crippen molar-refractivity contribution in [2.24, 2.45) is 45.3 Å². The molecule has 0 radical (unpaired) electrons. The zero-order valence-electron chi connectivity index (χ0n) is 87.1. The van der Waals surface area contributed by atoms with Gasteiger partial charge in [-0.25, -0.2) is 31.2 Å². The summed E-state index contributed by atoms with van der Waals surface area (Å²) < 4.78 is 48.3. The molecule has 1 aromatic carbocycles. The van der Waals surface area contributed by atoms with Crippen molar-refractivity contribution in [2.45, 2.75) is 362 Å². The zero-order chi connectivity index (χ0) is 102. The maximum absolute atomic E-state index is 14.6. The Morgan fingerprint density at radius 1 is 0.377 bits per heavy atom. The molecule has 4 spiro atoms. The topological polar surface area (TPSA) is 365 Å². The van der Waals surface area contributed by atoms with Crippen LogP contribution in [0.2, 0.25) is 0 Å². The summed E-state index contributed by atoms with van der Waals surface area (Å²) in [6.45, 7) is 13.6. The van der Waals surface area contributed by atoms with E-state index in [0.717, 1.165) is 247 Å². The SMILES string of the molecule is CS(=O)(=O)CCCCC[C@@H](NC1CCC2(CC1)CCN(Cc1ccccc1)C2)C(=O)N1CC[C@@H](NC(=O)N2CCC3(CC2)CC3)[C@@H](C(=O)NCc2cccs2)C1.O=C(NCc1cccs1)[C@H]1CN(C(=O)[C@@H](CC2CCNCC2)NC2CCCCC2)CC[C@H]1NC(=O)N1CCC2(CC1)CC2.O=C(NCc1cccs1)[C@H]1CN(C(=O)[C@@H](CCCCCS(=O)(=O)C2CC2)NC2CCCCC2)CC[C@H]1NC(=O)N1CCC2(CC1)CC2. The van der Waals surface area contributed by atoms with Gasteiger partial charge in [0.05, 0.1) is 66.5 Å². The second-order valence-corrected chi connectivity index (χ2v) is 54.7. The fraction of sp³-hybridized carbons (Fsp3) is 0.757. The van der Waals surface area contributed by atoms with E-state index in [4.69, 9.17) is 0 Å². The molecule has 30 nitrogen and oxygen atoms in total. The molecule has 12 amide bonds. The van der Waals surface area contributed by atoms with Crippen LogP contribution in [-0.4, -0.2) is 287 Å². The molecule has 35 heteroatoms. The minimum Gasteiger partial charge on any atom is -0.351 e. The molecule has 11 heterocycles. The van der Waals surface area contributed by atoms with Crippen LogP contribution in [0.25, 0.3) is 0 Å². The number of nitrogens with one attached hydrogen (secondary N) is 10. The van der Waals surface area contributed by atoms with Gasteiger partial charge in [-0.3, -0.25) is 33.7 Å². The van der Waals surface area contributed by atoms with Crippen molar-refractivity contribution >= 4 is 107 Å². The van der Waals surface area contributed by atoms with Gasteiger partial charge in [-0.2, -0.15) is 0 Å². The molecule has 0 bridgehead atoms. The standard InChI is InChI=1S/C43H64N6O5S2.C35H55N5O5S2.C33H52N6O3S/c1-56(53,54)28-7-3-6-12-38(45-34-13-16-43(17-14-34)20-24-47(32-43)30-33-9-4-2-5-10-33)40(51)49-23-15-37(36(31-49)39(50)44-29-35-11-8-27-55-35)46-41(52)48-25-21-42(18-19-42)22-26-48;41-32(36-24-27-10-7-22-46-27)29-25-40(19-14-30(29)38-34(43)39-20-17-35(15-16-35)18-21-39)33(42)31(37-26-8-3-1-4-9-26)11-5-2-6-23-47(44,45)28-12-13-28;40-30(35-22-26-7-4-20-43-26)27-23-39(17-10-28(27)37-32(42)38-18-13-33(11-12-33)14-19-38)31(41)29(21-24-8-15-34-16-9-24)36-25-5-2-1-3-6-25/h2,4-5,8-11,27,34,36-38,45H,3,6-7,12-26,28-32H2,1H3,(H,44,50)(H,46,52);7,10,22,26,28-31,37H,1-6,8-9,11-21,23-25H2,(H,36,41)(H,38,43);4,7,20,24-25,27-29,34,36H,1-3,5-6,8-19,21-23H2,(H,35,40)(H,37,42)/t34?,36-,37+,38+,43?;29-,30+,31+;27-,28+,29+/m000/s1. The first-order valence-electron chi connectivity index (χ1n) is 56.7. The Morgan fingerprint density at radius 2 is 0.753 bits per heavy atom. The highest BCUT2D eigenvalue weighted by Crippen LogP contribution is 2.56. The highest BCUT2D eigenvalue weighted by Gasteiger charge is 2.52. The maximum atomic E-state index is 14.6. The number of amides is 12. The summed E-state index contributed by atoms with van der Waals surface area (Å²) in [4.78, 5) is 142. The highest BCUT2D eigenvalue weighted by molar-refractivity contribution is 7.92. The normalized spacial score (nSPS) is 26.5. The van der Waals surface area contributed by atoms with E-state index in [1.165, 1.54) is 82.4 Å². The molecule has 7 aliphatic carbocycles. The average Bonchev–Trinajstić information content (AvgIpc) is 1.51. The number of hydrogen-bond acceptors (Lipinski definition) is 21. The van der Waals surface area contributed by atoms with E-state index in [9.17, 15) is 60.0 Å². The molecular formula is C111H171N17O13S5. The lowest BCUT2D eigenvalue weighted by Gasteiger charge is -2.42. The molecule has 19 rings (SSSR count). The first kappa shape index (κ1) is 110. The number of unbranched alkanes of at least 4 members (excludes halogenated alkanes) is 4. The Kier molecular flexibility index (Phi) is 39.0. The van der Waals surface area contributed by atoms with Gasteiger partial charge in [0.1, 0.15) is 9.84 Å². The Morgan fingerprint density at radius 3 is 1.13 bits per heavy atom. The summed E-state index contributed by atoms with van der Waals surface area (Å²) in [5, 5.41) is 39.6. The maximum Gasteiger partial charge on any atom is 0.317 e. The van der Waals surface area contributed by atoms with Crippen molar-refractivity contribution in [3.05, 3.63) is 103 Å². The van der Waals surface area contributed by atoms with Gasteiger partial charge in [0, 0.05) is 155 Å². The third-order valence-corrected chi connectivity index (χ3v) is 42.2. The Labute approximate surface area is 881 Å². The average molecular weight is 2110 g/mol. The Hall–Kier alpha value is -7.35. The molecule has 15 fully saturated rings. The van der Waals surface area contributed by atoms with Gasteiger partial charge in [0.25, 0.3) is 0 Å². The van der Waals surface area contributed by atoms with E-state index in [-0.39, 0.29) is 120 Å². The third kappa shape index (κ3) is 31.9. The summed E-state index contributed by atoms with van der Waals surface area (Å²) in [6.07, 6.45) is 44.4. The highest BCUT2D eigenvalue weighted by atomic mass is 32.2. The number of benzene rings is 1. The van der Waals surface area contributed by atoms with E-state index >= 15 is 0 Å². The van der Waals surface area contributed by atoms with Crippen molar-refractivity contribution in [1.82, 2.24) is 87.5 Å². The molecule has 808 valence electrons. The molecule has 4 aromatic rings. The summed E-state index contributed by atoms with van der Waals surface area (Å²) in [5.74, 6) is -0.843. The lowest BCUT2D eigenvalue weighted by atomic mass is 9.72. The van der Waals surface area contributed by atoms with E-state index in [0.29, 0.717) is 130 Å². The smallest absolute Gasteiger partial charge is 0.317 e. The molecule has 3 aromatic heterocycles. The van der Waals surface area contributed by atoms with Crippen LogP contribution in [0.5, 0.6) is 0 Å². The monoisotopic (exact) mass is 2110 g/mol. The van der Waals surface area contributed by atoms with Crippen molar-refractivity contribution in [1.29, 1.82) is 0 Å². The van der Waals surface area contributed by atoms with Crippen LogP contribution < -0.4 is 53.2 Å². The second-order valence-electron chi connectivity index (χ2n) is 46.9. The van der Waals surface area contributed by atoms with Crippen LogP contribution in [0.4, 0.5) is 14.4 Å². The second kappa shape index (κ2) is 51.9. The van der Waals surface area contributed by atoms with Gasteiger partial charge in [-0.1, -0.05) is 113 Å². The molecule has 9 atom stereocenters. The number of thiophene rings is 3.